The predicted molar refractivity (Wildman–Crippen MR) is 140 cm³/mol. The maximum atomic E-state index is 14.7. The number of hydrogen-bond donors (Lipinski definition) is 0. The molecule has 0 N–H and O–H groups in total. The van der Waals surface area contributed by atoms with Gasteiger partial charge in [-0.3, -0.25) is 0 Å². The highest BCUT2D eigenvalue weighted by Gasteiger charge is 2.51. The van der Waals surface area contributed by atoms with E-state index in [1.807, 2.05) is 35.2 Å². The van der Waals surface area contributed by atoms with Crippen LogP contribution in [0.5, 0.6) is 0 Å². The quantitative estimate of drug-likeness (QED) is 0.242. The zero-order valence-electron chi connectivity index (χ0n) is 20.3. The summed E-state index contributed by atoms with van der Waals surface area (Å²) in [6.07, 6.45) is -4.67. The molecule has 4 aromatic rings. The van der Waals surface area contributed by atoms with E-state index in [0.29, 0.717) is 23.4 Å². The Balaban J connectivity index is 1.62. The Morgan fingerprint density at radius 3 is 2.03 bits per heavy atom. The van der Waals surface area contributed by atoms with Gasteiger partial charge in [0.1, 0.15) is 5.82 Å². The van der Waals surface area contributed by atoms with Crippen LogP contribution < -0.4 is 4.90 Å². The van der Waals surface area contributed by atoms with Crippen LogP contribution in [0.4, 0.5) is 23.2 Å². The Morgan fingerprint density at radius 1 is 0.789 bits per heavy atom. The molecule has 0 amide bonds. The molecule has 196 valence electrons. The van der Waals surface area contributed by atoms with E-state index in [1.165, 1.54) is 42.5 Å². The number of anilines is 1. The minimum Gasteiger partial charge on any atom is -0.367 e. The first-order chi connectivity index (χ1) is 18.1. The van der Waals surface area contributed by atoms with Crippen LogP contribution >= 0.6 is 0 Å². The number of benzene rings is 4. The molecule has 4 aromatic carbocycles. The molecular weight excluding hydrogens is 514 g/mol. The second kappa shape index (κ2) is 10.3. The van der Waals surface area contributed by atoms with Gasteiger partial charge in [0.05, 0.1) is 16.6 Å². The molecular formula is C30H25F4NO2S. The monoisotopic (exact) mass is 539 g/mol. The van der Waals surface area contributed by atoms with Gasteiger partial charge in [0.2, 0.25) is 0 Å². The number of halogens is 4. The SMILES string of the molecule is O=S(=O)(CC1CN(Cc2ccccc2)c2ccc(-c3ccc(F)cc3)cc2C1C(F)(F)F)c1ccccc1. The molecule has 0 saturated heterocycles. The van der Waals surface area contributed by atoms with Crippen LogP contribution in [0.3, 0.4) is 0 Å². The van der Waals surface area contributed by atoms with Gasteiger partial charge in [-0.1, -0.05) is 66.7 Å². The lowest BCUT2D eigenvalue weighted by Gasteiger charge is -2.42. The molecule has 1 heterocycles. The molecule has 38 heavy (non-hydrogen) atoms. The molecule has 0 radical (unpaired) electrons. The van der Waals surface area contributed by atoms with Gasteiger partial charge in [-0.05, 0) is 58.7 Å². The minimum absolute atomic E-state index is 0.00129. The summed E-state index contributed by atoms with van der Waals surface area (Å²) >= 11 is 0. The fourth-order valence-corrected chi connectivity index (χ4v) is 6.83. The van der Waals surface area contributed by atoms with Crippen LogP contribution in [-0.2, 0) is 16.4 Å². The highest BCUT2D eigenvalue weighted by atomic mass is 32.2. The van der Waals surface area contributed by atoms with Crippen molar-refractivity contribution in [2.75, 3.05) is 17.2 Å². The van der Waals surface area contributed by atoms with E-state index in [2.05, 4.69) is 0 Å². The first-order valence-electron chi connectivity index (χ1n) is 12.1. The van der Waals surface area contributed by atoms with Gasteiger partial charge in [-0.2, -0.15) is 13.2 Å². The van der Waals surface area contributed by atoms with E-state index in [-0.39, 0.29) is 17.0 Å². The molecule has 0 fully saturated rings. The molecule has 8 heteroatoms. The Hall–Kier alpha value is -3.65. The van der Waals surface area contributed by atoms with Gasteiger partial charge in [0.15, 0.2) is 9.84 Å². The number of hydrogen-bond acceptors (Lipinski definition) is 3. The van der Waals surface area contributed by atoms with Gasteiger partial charge in [-0.25, -0.2) is 12.8 Å². The lowest BCUT2D eigenvalue weighted by molar-refractivity contribution is -0.160. The van der Waals surface area contributed by atoms with Gasteiger partial charge in [0, 0.05) is 24.7 Å². The zero-order chi connectivity index (χ0) is 26.9. The molecule has 0 bridgehead atoms. The Bertz CT molecular complexity index is 1510. The van der Waals surface area contributed by atoms with E-state index in [0.717, 1.165) is 5.56 Å². The standard InChI is InChI=1S/C30H25F4NO2S/c31-25-14-11-22(12-15-25)23-13-16-28-27(17-23)29(30(32,33)34)24(19-35(28)18-21-7-3-1-4-8-21)20-38(36,37)26-9-5-2-6-10-26/h1-17,24,29H,18-20H2. The summed E-state index contributed by atoms with van der Waals surface area (Å²) in [4.78, 5) is 1.83. The molecule has 0 aromatic heterocycles. The number of fused-ring (bicyclic) bond motifs is 1. The molecule has 0 spiro atoms. The van der Waals surface area contributed by atoms with Crippen LogP contribution in [0.15, 0.2) is 108 Å². The van der Waals surface area contributed by atoms with E-state index < -0.39 is 39.4 Å². The second-order valence-corrected chi connectivity index (χ2v) is 11.6. The molecule has 2 atom stereocenters. The largest absolute Gasteiger partial charge is 0.396 e. The Kier molecular flexibility index (Phi) is 7.01. The zero-order valence-corrected chi connectivity index (χ0v) is 21.1. The smallest absolute Gasteiger partial charge is 0.367 e. The fourth-order valence-electron chi connectivity index (χ4n) is 5.21. The first-order valence-corrected chi connectivity index (χ1v) is 13.8. The summed E-state index contributed by atoms with van der Waals surface area (Å²) in [6.45, 7) is 0.254. The maximum Gasteiger partial charge on any atom is 0.396 e. The van der Waals surface area contributed by atoms with Crippen LogP contribution in [0, 0.1) is 11.7 Å². The molecule has 1 aliphatic heterocycles. The number of rotatable bonds is 6. The van der Waals surface area contributed by atoms with Crippen molar-refractivity contribution in [3.05, 3.63) is 120 Å². The van der Waals surface area contributed by atoms with E-state index in [4.69, 9.17) is 0 Å². The molecule has 5 rings (SSSR count). The van der Waals surface area contributed by atoms with Crippen molar-refractivity contribution >= 4 is 15.5 Å². The third-order valence-corrected chi connectivity index (χ3v) is 8.77. The molecule has 0 aliphatic carbocycles. The van der Waals surface area contributed by atoms with Crippen LogP contribution in [0.25, 0.3) is 11.1 Å². The van der Waals surface area contributed by atoms with E-state index >= 15 is 0 Å². The summed E-state index contributed by atoms with van der Waals surface area (Å²) in [5, 5.41) is 0. The van der Waals surface area contributed by atoms with Crippen molar-refractivity contribution in [3.8, 4) is 11.1 Å². The first kappa shape index (κ1) is 26.0. The van der Waals surface area contributed by atoms with Gasteiger partial charge < -0.3 is 4.90 Å². The number of nitrogens with zero attached hydrogens (tertiary/aromatic N) is 1. The summed E-state index contributed by atoms with van der Waals surface area (Å²) < 4.78 is 84.2. The summed E-state index contributed by atoms with van der Waals surface area (Å²) in [5.74, 6) is -4.31. The normalized spacial score (nSPS) is 17.7. The average molecular weight is 540 g/mol. The lowest BCUT2D eigenvalue weighted by Crippen LogP contribution is -2.45. The fraction of sp³-hybridized carbons (Fsp3) is 0.200. The topological polar surface area (TPSA) is 37.4 Å². The van der Waals surface area contributed by atoms with Crippen LogP contribution in [0.1, 0.15) is 17.0 Å². The third kappa shape index (κ3) is 5.45. The predicted octanol–water partition coefficient (Wildman–Crippen LogP) is 7.25. The van der Waals surface area contributed by atoms with Crippen molar-refractivity contribution in [1.29, 1.82) is 0 Å². The van der Waals surface area contributed by atoms with Crippen molar-refractivity contribution in [2.45, 2.75) is 23.5 Å². The van der Waals surface area contributed by atoms with Crippen LogP contribution in [-0.4, -0.2) is 26.9 Å². The Labute approximate surface area is 219 Å². The molecule has 2 unspecified atom stereocenters. The van der Waals surface area contributed by atoms with E-state index in [1.54, 1.807) is 30.3 Å². The molecule has 3 nitrogen and oxygen atoms in total. The summed E-state index contributed by atoms with van der Waals surface area (Å²) in [7, 11) is -3.99. The third-order valence-electron chi connectivity index (χ3n) is 6.91. The summed E-state index contributed by atoms with van der Waals surface area (Å²) in [6, 6.07) is 27.3. The van der Waals surface area contributed by atoms with Crippen molar-refractivity contribution in [2.24, 2.45) is 5.92 Å². The highest BCUT2D eigenvalue weighted by molar-refractivity contribution is 7.91. The summed E-state index contributed by atoms with van der Waals surface area (Å²) in [5.41, 5.74) is 2.41. The average Bonchev–Trinajstić information content (AvgIpc) is 2.89. The second-order valence-electron chi connectivity index (χ2n) is 9.52. The van der Waals surface area contributed by atoms with Gasteiger partial charge in [-0.15, -0.1) is 0 Å². The van der Waals surface area contributed by atoms with Gasteiger partial charge >= 0.3 is 6.18 Å². The van der Waals surface area contributed by atoms with Crippen LogP contribution in [0.2, 0.25) is 0 Å². The van der Waals surface area contributed by atoms with Crippen molar-refractivity contribution in [1.82, 2.24) is 0 Å². The minimum atomic E-state index is -4.67. The highest BCUT2D eigenvalue weighted by Crippen LogP contribution is 2.49. The number of alkyl halides is 3. The van der Waals surface area contributed by atoms with E-state index in [9.17, 15) is 26.0 Å². The van der Waals surface area contributed by atoms with Crippen molar-refractivity contribution in [3.63, 3.8) is 0 Å². The maximum absolute atomic E-state index is 14.7. The van der Waals surface area contributed by atoms with Crippen molar-refractivity contribution < 1.29 is 26.0 Å². The number of sulfone groups is 1. The Morgan fingerprint density at radius 2 is 1.39 bits per heavy atom. The molecule has 1 aliphatic rings. The molecule has 0 saturated carbocycles. The lowest BCUT2D eigenvalue weighted by atomic mass is 9.80. The van der Waals surface area contributed by atoms with Gasteiger partial charge in [0.25, 0.3) is 0 Å².